The fourth-order valence-electron chi connectivity index (χ4n) is 1.66. The first-order valence-electron chi connectivity index (χ1n) is 5.36. The Kier molecular flexibility index (Phi) is 2.58. The van der Waals surface area contributed by atoms with Crippen molar-refractivity contribution in [3.63, 3.8) is 0 Å². The van der Waals surface area contributed by atoms with E-state index in [0.29, 0.717) is 13.1 Å². The average molecular weight is 220 g/mol. The van der Waals surface area contributed by atoms with Crippen molar-refractivity contribution >= 4 is 6.09 Å². The van der Waals surface area contributed by atoms with Gasteiger partial charge in [0.25, 0.3) is 0 Å². The van der Waals surface area contributed by atoms with Gasteiger partial charge in [-0.15, -0.1) is 0 Å². The molecule has 2 heterocycles. The Bertz CT molecular complexity index is 385. The second kappa shape index (κ2) is 3.77. The van der Waals surface area contributed by atoms with Crippen LogP contribution in [-0.4, -0.2) is 21.6 Å². The predicted octanol–water partition coefficient (Wildman–Crippen LogP) is 2.33. The first-order valence-corrected chi connectivity index (χ1v) is 5.36. The number of amides is 1. The maximum absolute atomic E-state index is 11.8. The first-order chi connectivity index (χ1) is 7.46. The number of carbonyl (C=O) groups is 1. The van der Waals surface area contributed by atoms with E-state index in [1.54, 1.807) is 11.1 Å². The van der Waals surface area contributed by atoms with Crippen molar-refractivity contribution in [2.24, 2.45) is 0 Å². The molecule has 1 aromatic heterocycles. The van der Waals surface area contributed by atoms with E-state index in [-0.39, 0.29) is 6.09 Å². The molecule has 2 rings (SSSR count). The highest BCUT2D eigenvalue weighted by molar-refractivity contribution is 5.69. The molecule has 0 unspecified atom stereocenters. The predicted molar refractivity (Wildman–Crippen MR) is 59.7 cm³/mol. The van der Waals surface area contributed by atoms with Gasteiger partial charge >= 0.3 is 6.09 Å². The normalized spacial score (nSPS) is 14.8. The number of carbonyl (C=O) groups excluding carboxylic acids is 1. The van der Waals surface area contributed by atoms with E-state index in [2.05, 4.69) is 4.98 Å². The van der Waals surface area contributed by atoms with Gasteiger partial charge in [-0.25, -0.2) is 4.79 Å². The molecule has 0 saturated carbocycles. The third-order valence-electron chi connectivity index (χ3n) is 2.34. The minimum absolute atomic E-state index is 0.273. The summed E-state index contributed by atoms with van der Waals surface area (Å²) >= 11 is 0. The van der Waals surface area contributed by atoms with E-state index in [0.717, 1.165) is 11.3 Å². The van der Waals surface area contributed by atoms with Gasteiger partial charge in [0, 0.05) is 6.20 Å². The number of ether oxygens (including phenoxy) is 1. The summed E-state index contributed by atoms with van der Waals surface area (Å²) in [6.45, 7) is 6.74. The Morgan fingerprint density at radius 1 is 1.44 bits per heavy atom. The Balaban J connectivity index is 2.04. The largest absolute Gasteiger partial charge is 0.444 e. The van der Waals surface area contributed by atoms with Crippen molar-refractivity contribution in [2.75, 3.05) is 0 Å². The standard InChI is InChI=1S/C12H16N2O2/c1-12(2,3)16-11(15)14-7-9-5-4-6-13-10(9)8-14/h4-6H,7-8H2,1-3H3. The highest BCUT2D eigenvalue weighted by atomic mass is 16.6. The summed E-state index contributed by atoms with van der Waals surface area (Å²) in [5, 5.41) is 0. The van der Waals surface area contributed by atoms with Gasteiger partial charge in [-0.2, -0.15) is 0 Å². The monoisotopic (exact) mass is 220 g/mol. The second-order valence-electron chi connectivity index (χ2n) is 4.95. The zero-order chi connectivity index (χ0) is 11.8. The van der Waals surface area contributed by atoms with Crippen molar-refractivity contribution in [2.45, 2.75) is 39.5 Å². The summed E-state index contributed by atoms with van der Waals surface area (Å²) in [7, 11) is 0. The number of pyridine rings is 1. The quantitative estimate of drug-likeness (QED) is 0.674. The number of fused-ring (bicyclic) bond motifs is 1. The van der Waals surface area contributed by atoms with Crippen LogP contribution in [0.1, 0.15) is 32.0 Å². The fraction of sp³-hybridized carbons (Fsp3) is 0.500. The van der Waals surface area contributed by atoms with Crippen molar-refractivity contribution in [1.82, 2.24) is 9.88 Å². The third kappa shape index (κ3) is 2.32. The summed E-state index contributed by atoms with van der Waals surface area (Å²) in [5.74, 6) is 0. The Morgan fingerprint density at radius 2 is 2.19 bits per heavy atom. The lowest BCUT2D eigenvalue weighted by Gasteiger charge is -2.23. The SMILES string of the molecule is CC(C)(C)OC(=O)N1Cc2cccnc2C1. The summed E-state index contributed by atoms with van der Waals surface area (Å²) < 4.78 is 5.31. The lowest BCUT2D eigenvalue weighted by atomic mass is 10.2. The average Bonchev–Trinajstić information content (AvgIpc) is 2.58. The highest BCUT2D eigenvalue weighted by Gasteiger charge is 2.27. The van der Waals surface area contributed by atoms with Gasteiger partial charge in [-0.3, -0.25) is 9.88 Å². The Morgan fingerprint density at radius 3 is 2.81 bits per heavy atom. The zero-order valence-electron chi connectivity index (χ0n) is 9.86. The fourth-order valence-corrected chi connectivity index (χ4v) is 1.66. The van der Waals surface area contributed by atoms with Gasteiger partial charge in [0.15, 0.2) is 0 Å². The number of rotatable bonds is 0. The van der Waals surface area contributed by atoms with Gasteiger partial charge in [-0.05, 0) is 32.4 Å². The Labute approximate surface area is 95.2 Å². The van der Waals surface area contributed by atoms with E-state index in [1.807, 2.05) is 32.9 Å². The molecule has 0 aromatic carbocycles. The summed E-state index contributed by atoms with van der Waals surface area (Å²) in [4.78, 5) is 17.7. The van der Waals surface area contributed by atoms with Crippen LogP contribution in [0.2, 0.25) is 0 Å². The van der Waals surface area contributed by atoms with Crippen LogP contribution in [0.3, 0.4) is 0 Å². The summed E-state index contributed by atoms with van der Waals surface area (Å²) in [6.07, 6.45) is 1.47. The molecule has 1 aliphatic rings. The van der Waals surface area contributed by atoms with Crippen molar-refractivity contribution < 1.29 is 9.53 Å². The lowest BCUT2D eigenvalue weighted by Crippen LogP contribution is -2.33. The van der Waals surface area contributed by atoms with Crippen molar-refractivity contribution in [1.29, 1.82) is 0 Å². The van der Waals surface area contributed by atoms with Gasteiger partial charge in [-0.1, -0.05) is 6.07 Å². The van der Waals surface area contributed by atoms with E-state index in [4.69, 9.17) is 4.74 Å². The van der Waals surface area contributed by atoms with Gasteiger partial charge in [0.1, 0.15) is 5.60 Å². The maximum Gasteiger partial charge on any atom is 0.410 e. The third-order valence-corrected chi connectivity index (χ3v) is 2.34. The van der Waals surface area contributed by atoms with Crippen LogP contribution in [-0.2, 0) is 17.8 Å². The molecule has 1 amide bonds. The molecule has 0 aliphatic carbocycles. The molecule has 86 valence electrons. The van der Waals surface area contributed by atoms with Crippen LogP contribution in [0.25, 0.3) is 0 Å². The number of hydrogen-bond donors (Lipinski definition) is 0. The molecule has 4 heteroatoms. The van der Waals surface area contributed by atoms with E-state index in [1.165, 1.54) is 0 Å². The van der Waals surface area contributed by atoms with Crippen LogP contribution in [0.5, 0.6) is 0 Å². The van der Waals surface area contributed by atoms with Crippen LogP contribution in [0.15, 0.2) is 18.3 Å². The molecule has 16 heavy (non-hydrogen) atoms. The highest BCUT2D eigenvalue weighted by Crippen LogP contribution is 2.22. The summed E-state index contributed by atoms with van der Waals surface area (Å²) in [6, 6.07) is 3.88. The van der Waals surface area contributed by atoms with Crippen molar-refractivity contribution in [3.05, 3.63) is 29.6 Å². The van der Waals surface area contributed by atoms with Gasteiger partial charge in [0.05, 0.1) is 18.8 Å². The second-order valence-corrected chi connectivity index (χ2v) is 4.95. The molecule has 0 bridgehead atoms. The van der Waals surface area contributed by atoms with Gasteiger partial charge < -0.3 is 4.74 Å². The number of hydrogen-bond acceptors (Lipinski definition) is 3. The molecule has 0 spiro atoms. The minimum atomic E-state index is -0.445. The first kappa shape index (κ1) is 10.9. The topological polar surface area (TPSA) is 42.4 Å². The molecule has 0 N–H and O–H groups in total. The van der Waals surface area contributed by atoms with Crippen LogP contribution in [0, 0.1) is 0 Å². The molecule has 0 radical (unpaired) electrons. The molecule has 1 aromatic rings. The number of nitrogens with zero attached hydrogens (tertiary/aromatic N) is 2. The van der Waals surface area contributed by atoms with Gasteiger partial charge in [0.2, 0.25) is 0 Å². The van der Waals surface area contributed by atoms with E-state index < -0.39 is 5.60 Å². The smallest absolute Gasteiger partial charge is 0.410 e. The minimum Gasteiger partial charge on any atom is -0.444 e. The molecule has 0 saturated heterocycles. The zero-order valence-corrected chi connectivity index (χ0v) is 9.86. The maximum atomic E-state index is 11.8. The lowest BCUT2D eigenvalue weighted by molar-refractivity contribution is 0.0240. The summed E-state index contributed by atoms with van der Waals surface area (Å²) in [5.41, 5.74) is 1.63. The van der Waals surface area contributed by atoms with Crippen LogP contribution in [0.4, 0.5) is 4.79 Å². The molecular weight excluding hydrogens is 204 g/mol. The van der Waals surface area contributed by atoms with Crippen LogP contribution < -0.4 is 0 Å². The van der Waals surface area contributed by atoms with E-state index in [9.17, 15) is 4.79 Å². The number of aromatic nitrogens is 1. The van der Waals surface area contributed by atoms with Crippen molar-refractivity contribution in [3.8, 4) is 0 Å². The Hall–Kier alpha value is -1.58. The molecule has 0 atom stereocenters. The molecule has 0 fully saturated rings. The molecule has 1 aliphatic heterocycles. The van der Waals surface area contributed by atoms with Crippen LogP contribution >= 0.6 is 0 Å². The molecular formula is C12H16N2O2. The van der Waals surface area contributed by atoms with E-state index >= 15 is 0 Å². The molecule has 4 nitrogen and oxygen atoms in total.